The van der Waals surface area contributed by atoms with Crippen LogP contribution >= 0.6 is 0 Å². The molecule has 1 saturated heterocycles. The van der Waals surface area contributed by atoms with E-state index in [0.717, 1.165) is 30.7 Å². The number of rotatable bonds is 8. The van der Waals surface area contributed by atoms with Gasteiger partial charge < -0.3 is 20.2 Å². The average molecular weight is 419 g/mol. The van der Waals surface area contributed by atoms with Gasteiger partial charge in [0.15, 0.2) is 5.76 Å². The number of nitrogens with one attached hydrogen (secondary N) is 1. The number of primary amides is 1. The Morgan fingerprint density at radius 1 is 1.13 bits per heavy atom. The van der Waals surface area contributed by atoms with Gasteiger partial charge in [0, 0.05) is 17.8 Å². The number of hydrogen-bond acceptors (Lipinski definition) is 5. The highest BCUT2D eigenvalue weighted by Crippen LogP contribution is 2.22. The Labute approximate surface area is 180 Å². The second-order valence-corrected chi connectivity index (χ2v) is 7.56. The summed E-state index contributed by atoms with van der Waals surface area (Å²) in [5.74, 6) is 0.309. The van der Waals surface area contributed by atoms with Gasteiger partial charge in [-0.25, -0.2) is 0 Å². The Hall–Kier alpha value is -3.58. The molecule has 4 rings (SSSR count). The fourth-order valence-corrected chi connectivity index (χ4v) is 3.83. The number of amides is 2. The highest BCUT2D eigenvalue weighted by Gasteiger charge is 2.28. The second kappa shape index (κ2) is 9.49. The fourth-order valence-electron chi connectivity index (χ4n) is 3.83. The largest absolute Gasteiger partial charge is 0.489 e. The number of furan rings is 1. The smallest absolute Gasteiger partial charge is 0.291 e. The van der Waals surface area contributed by atoms with E-state index in [0.29, 0.717) is 17.8 Å². The van der Waals surface area contributed by atoms with Gasteiger partial charge in [-0.15, -0.1) is 0 Å². The summed E-state index contributed by atoms with van der Waals surface area (Å²) >= 11 is 0. The molecule has 3 N–H and O–H groups in total. The zero-order chi connectivity index (χ0) is 21.6. The van der Waals surface area contributed by atoms with Gasteiger partial charge in [-0.2, -0.15) is 0 Å². The van der Waals surface area contributed by atoms with Crippen molar-refractivity contribution in [1.29, 1.82) is 0 Å². The van der Waals surface area contributed by atoms with Crippen LogP contribution in [-0.2, 0) is 17.9 Å². The highest BCUT2D eigenvalue weighted by molar-refractivity contribution is 6.03. The molecular weight excluding hydrogens is 394 g/mol. The fraction of sp³-hybridized carbons (Fsp3) is 0.250. The number of nitrogens with two attached hydrogens (primary N) is 1. The summed E-state index contributed by atoms with van der Waals surface area (Å²) in [6, 6.07) is 18.5. The summed E-state index contributed by atoms with van der Waals surface area (Å²) < 4.78 is 11.1. The number of likely N-dealkylation sites (tertiary alicyclic amines) is 1. The molecule has 1 aliphatic rings. The lowest BCUT2D eigenvalue weighted by Crippen LogP contribution is -2.39. The summed E-state index contributed by atoms with van der Waals surface area (Å²) in [5, 5.41) is 2.88. The van der Waals surface area contributed by atoms with Crippen LogP contribution in [0.5, 0.6) is 5.75 Å². The van der Waals surface area contributed by atoms with E-state index < -0.39 is 0 Å². The first kappa shape index (κ1) is 20.7. The Bertz CT molecular complexity index is 1050. The van der Waals surface area contributed by atoms with Crippen molar-refractivity contribution in [2.75, 3.05) is 11.9 Å². The number of nitrogens with zero attached hydrogens (tertiary/aromatic N) is 1. The van der Waals surface area contributed by atoms with Crippen molar-refractivity contribution >= 4 is 17.5 Å². The van der Waals surface area contributed by atoms with Gasteiger partial charge in [0.2, 0.25) is 5.91 Å². The standard InChI is InChI=1S/C24H25N3O4/c25-23(28)21-10-5-12-27(21)15-17-6-4-7-19(14-17)26-24(29)22-18(11-13-30-22)16-31-20-8-2-1-3-9-20/h1-4,6-9,11,13-14,21H,5,10,12,15-16H2,(H2,25,28)(H,26,29). The molecule has 160 valence electrons. The van der Waals surface area contributed by atoms with E-state index in [9.17, 15) is 9.59 Å². The second-order valence-electron chi connectivity index (χ2n) is 7.56. The Kier molecular flexibility index (Phi) is 6.33. The first-order chi connectivity index (χ1) is 15.1. The van der Waals surface area contributed by atoms with Crippen LogP contribution in [0.25, 0.3) is 0 Å². The lowest BCUT2D eigenvalue weighted by Gasteiger charge is -2.22. The third-order valence-electron chi connectivity index (χ3n) is 5.35. The van der Waals surface area contributed by atoms with E-state index in [1.807, 2.05) is 54.6 Å². The lowest BCUT2D eigenvalue weighted by molar-refractivity contribution is -0.122. The van der Waals surface area contributed by atoms with Crippen molar-refractivity contribution < 1.29 is 18.7 Å². The van der Waals surface area contributed by atoms with Gasteiger partial charge in [0.25, 0.3) is 5.91 Å². The maximum Gasteiger partial charge on any atom is 0.291 e. The minimum absolute atomic E-state index is 0.217. The molecule has 0 radical (unpaired) electrons. The molecule has 1 aliphatic heterocycles. The molecule has 1 unspecified atom stereocenters. The van der Waals surface area contributed by atoms with Gasteiger partial charge >= 0.3 is 0 Å². The van der Waals surface area contributed by atoms with Crippen LogP contribution < -0.4 is 15.8 Å². The molecular formula is C24H25N3O4. The molecule has 7 nitrogen and oxygen atoms in total. The Morgan fingerprint density at radius 2 is 1.97 bits per heavy atom. The number of anilines is 1. The molecule has 7 heteroatoms. The molecule has 0 spiro atoms. The number of carbonyl (C=O) groups is 2. The molecule has 0 saturated carbocycles. The number of carbonyl (C=O) groups excluding carboxylic acids is 2. The SMILES string of the molecule is NC(=O)C1CCCN1Cc1cccc(NC(=O)c2occc2COc2ccccc2)c1. The summed E-state index contributed by atoms with van der Waals surface area (Å²) in [5.41, 5.74) is 7.83. The van der Waals surface area contributed by atoms with Crippen molar-refractivity contribution in [2.45, 2.75) is 32.0 Å². The van der Waals surface area contributed by atoms with E-state index in [-0.39, 0.29) is 30.2 Å². The maximum absolute atomic E-state index is 12.8. The van der Waals surface area contributed by atoms with E-state index >= 15 is 0 Å². The van der Waals surface area contributed by atoms with Gasteiger partial charge in [-0.05, 0) is 55.3 Å². The molecule has 1 aromatic heterocycles. The van der Waals surface area contributed by atoms with Crippen molar-refractivity contribution in [3.63, 3.8) is 0 Å². The highest BCUT2D eigenvalue weighted by atomic mass is 16.5. The number of ether oxygens (including phenoxy) is 1. The van der Waals surface area contributed by atoms with Crippen LogP contribution in [0.4, 0.5) is 5.69 Å². The summed E-state index contributed by atoms with van der Waals surface area (Å²) in [6.45, 7) is 1.67. The maximum atomic E-state index is 12.8. The molecule has 31 heavy (non-hydrogen) atoms. The zero-order valence-electron chi connectivity index (χ0n) is 17.1. The number of benzene rings is 2. The molecule has 2 aromatic carbocycles. The van der Waals surface area contributed by atoms with Crippen LogP contribution in [0, 0.1) is 0 Å². The Morgan fingerprint density at radius 3 is 2.77 bits per heavy atom. The predicted octanol–water partition coefficient (Wildman–Crippen LogP) is 3.56. The molecule has 1 fully saturated rings. The molecule has 3 aromatic rings. The van der Waals surface area contributed by atoms with E-state index in [1.165, 1.54) is 6.26 Å². The molecule has 0 aliphatic carbocycles. The predicted molar refractivity (Wildman–Crippen MR) is 117 cm³/mol. The summed E-state index contributed by atoms with van der Waals surface area (Å²) in [7, 11) is 0. The normalized spacial score (nSPS) is 16.2. The number of hydrogen-bond donors (Lipinski definition) is 2. The van der Waals surface area contributed by atoms with Crippen LogP contribution in [-0.4, -0.2) is 29.3 Å². The average Bonchev–Trinajstić information content (AvgIpc) is 3.43. The van der Waals surface area contributed by atoms with Crippen molar-refractivity contribution in [2.24, 2.45) is 5.73 Å². The van der Waals surface area contributed by atoms with Crippen LogP contribution in [0.15, 0.2) is 71.3 Å². The summed E-state index contributed by atoms with van der Waals surface area (Å²) in [4.78, 5) is 26.5. The van der Waals surface area contributed by atoms with Gasteiger partial charge in [0.05, 0.1) is 12.3 Å². The van der Waals surface area contributed by atoms with Crippen molar-refractivity contribution in [1.82, 2.24) is 4.90 Å². The first-order valence-electron chi connectivity index (χ1n) is 10.3. The zero-order valence-corrected chi connectivity index (χ0v) is 17.1. The van der Waals surface area contributed by atoms with Crippen LogP contribution in [0.2, 0.25) is 0 Å². The van der Waals surface area contributed by atoms with E-state index in [4.69, 9.17) is 14.9 Å². The lowest BCUT2D eigenvalue weighted by atomic mass is 10.1. The third-order valence-corrected chi connectivity index (χ3v) is 5.35. The molecule has 2 heterocycles. The molecule has 2 amide bonds. The van der Waals surface area contributed by atoms with Crippen molar-refractivity contribution in [3.05, 3.63) is 83.8 Å². The Balaban J connectivity index is 1.40. The summed E-state index contributed by atoms with van der Waals surface area (Å²) in [6.07, 6.45) is 3.22. The van der Waals surface area contributed by atoms with Crippen molar-refractivity contribution in [3.8, 4) is 5.75 Å². The van der Waals surface area contributed by atoms with E-state index in [1.54, 1.807) is 6.07 Å². The number of para-hydroxylation sites is 1. The minimum Gasteiger partial charge on any atom is -0.489 e. The first-order valence-corrected chi connectivity index (χ1v) is 10.3. The van der Waals surface area contributed by atoms with Gasteiger partial charge in [0.1, 0.15) is 12.4 Å². The topological polar surface area (TPSA) is 97.8 Å². The van der Waals surface area contributed by atoms with E-state index in [2.05, 4.69) is 10.2 Å². The minimum atomic E-state index is -0.343. The monoisotopic (exact) mass is 419 g/mol. The van der Waals surface area contributed by atoms with Gasteiger partial charge in [-0.3, -0.25) is 14.5 Å². The molecule has 0 bridgehead atoms. The van der Waals surface area contributed by atoms with Crippen LogP contribution in [0.1, 0.15) is 34.5 Å². The molecule has 1 atom stereocenters. The van der Waals surface area contributed by atoms with Crippen LogP contribution in [0.3, 0.4) is 0 Å². The van der Waals surface area contributed by atoms with Gasteiger partial charge in [-0.1, -0.05) is 30.3 Å². The quantitative estimate of drug-likeness (QED) is 0.582. The third kappa shape index (κ3) is 5.13.